The molecule has 1 unspecified atom stereocenters. The lowest BCUT2D eigenvalue weighted by atomic mass is 9.91. The number of dihydropyridines is 1. The van der Waals surface area contributed by atoms with Crippen LogP contribution in [0.3, 0.4) is 0 Å². The Morgan fingerprint density at radius 3 is 3.00 bits per heavy atom. The van der Waals surface area contributed by atoms with Crippen LogP contribution in [0.2, 0.25) is 0 Å². The molecule has 3 nitrogen and oxygen atoms in total. The van der Waals surface area contributed by atoms with Gasteiger partial charge in [0.05, 0.1) is 17.2 Å². The molecule has 3 heteroatoms. The summed E-state index contributed by atoms with van der Waals surface area (Å²) in [4.78, 5) is 15.1. The number of carbonyl (C=O) groups excluding carboxylic acids is 1. The topological polar surface area (TPSA) is 49.7 Å². The van der Waals surface area contributed by atoms with Crippen LogP contribution in [0.15, 0.2) is 40.6 Å². The number of hydrogen-bond acceptors (Lipinski definition) is 2. The van der Waals surface area contributed by atoms with Crippen molar-refractivity contribution in [2.45, 2.75) is 6.92 Å². The van der Waals surface area contributed by atoms with Crippen molar-refractivity contribution in [3.8, 4) is 0 Å². The van der Waals surface area contributed by atoms with Crippen molar-refractivity contribution in [2.75, 3.05) is 0 Å². The number of fused-ring (bicyclic) bond motifs is 1. The second kappa shape index (κ2) is 2.69. The maximum Gasteiger partial charge on any atom is 0.276 e. The molecule has 1 amide bonds. The molecule has 0 saturated carbocycles. The molecule has 1 atom stereocenters. The molecule has 2 rings (SSSR count). The molecule has 1 aliphatic heterocycles. The molecule has 0 radical (unpaired) electrons. The highest BCUT2D eigenvalue weighted by molar-refractivity contribution is 6.13. The van der Waals surface area contributed by atoms with E-state index in [2.05, 4.69) is 4.99 Å². The Labute approximate surface area is 75.8 Å². The number of rotatable bonds is 0. The van der Waals surface area contributed by atoms with Gasteiger partial charge < -0.3 is 5.11 Å². The van der Waals surface area contributed by atoms with Crippen LogP contribution in [0.1, 0.15) is 6.92 Å². The van der Waals surface area contributed by atoms with Gasteiger partial charge in [-0.1, -0.05) is 18.2 Å². The molecule has 0 fully saturated rings. The number of carbonyl (C=O) groups is 1. The minimum absolute atomic E-state index is 0.121. The van der Waals surface area contributed by atoms with Gasteiger partial charge in [-0.25, -0.2) is 4.99 Å². The third kappa shape index (κ3) is 1.13. The monoisotopic (exact) mass is 175 g/mol. The second-order valence-corrected chi connectivity index (χ2v) is 3.07. The maximum absolute atomic E-state index is 11.2. The number of hydrogen-bond donors (Lipinski definition) is 1. The first-order chi connectivity index (χ1) is 6.20. The lowest BCUT2D eigenvalue weighted by Crippen LogP contribution is -2.23. The minimum Gasteiger partial charge on any atom is -0.511 e. The van der Waals surface area contributed by atoms with Crippen LogP contribution in [0, 0.1) is 5.92 Å². The van der Waals surface area contributed by atoms with E-state index >= 15 is 0 Å². The average molecular weight is 175 g/mol. The van der Waals surface area contributed by atoms with Crippen molar-refractivity contribution in [3.63, 3.8) is 0 Å². The lowest BCUT2D eigenvalue weighted by molar-refractivity contribution is -0.114. The number of aliphatic hydroxyl groups is 1. The minimum atomic E-state index is -0.344. The molecule has 0 spiro atoms. The number of aliphatic hydroxyl groups excluding tert-OH is 1. The second-order valence-electron chi connectivity index (χ2n) is 3.07. The third-order valence-corrected chi connectivity index (χ3v) is 2.23. The van der Waals surface area contributed by atoms with Crippen LogP contribution in [0.5, 0.6) is 0 Å². The van der Waals surface area contributed by atoms with Gasteiger partial charge in [0.15, 0.2) is 0 Å². The molecule has 0 aromatic heterocycles. The van der Waals surface area contributed by atoms with E-state index in [1.165, 1.54) is 0 Å². The largest absolute Gasteiger partial charge is 0.511 e. The predicted octanol–water partition coefficient (Wildman–Crippen LogP) is 1.54. The summed E-state index contributed by atoms with van der Waals surface area (Å²) in [5.74, 6) is -0.443. The van der Waals surface area contributed by atoms with E-state index in [1.807, 2.05) is 12.2 Å². The lowest BCUT2D eigenvalue weighted by Gasteiger charge is -2.20. The normalized spacial score (nSPS) is 26.1. The van der Waals surface area contributed by atoms with E-state index in [0.717, 1.165) is 0 Å². The summed E-state index contributed by atoms with van der Waals surface area (Å²) < 4.78 is 0. The molecule has 0 saturated heterocycles. The van der Waals surface area contributed by atoms with Gasteiger partial charge in [-0.05, 0) is 13.0 Å². The molecular weight excluding hydrogens is 166 g/mol. The smallest absolute Gasteiger partial charge is 0.276 e. The van der Waals surface area contributed by atoms with Gasteiger partial charge in [0.2, 0.25) is 0 Å². The summed E-state index contributed by atoms with van der Waals surface area (Å²) in [6.07, 6.45) is 7.20. The Balaban J connectivity index is 2.50. The molecule has 1 N–H and O–H groups in total. The van der Waals surface area contributed by atoms with E-state index in [1.54, 1.807) is 19.1 Å². The fraction of sp³-hybridized carbons (Fsp3) is 0.200. The van der Waals surface area contributed by atoms with Gasteiger partial charge >= 0.3 is 0 Å². The molecule has 13 heavy (non-hydrogen) atoms. The molecule has 66 valence electrons. The summed E-state index contributed by atoms with van der Waals surface area (Å²) in [6, 6.07) is 0. The Morgan fingerprint density at radius 2 is 2.23 bits per heavy atom. The van der Waals surface area contributed by atoms with Crippen molar-refractivity contribution >= 4 is 11.6 Å². The Morgan fingerprint density at radius 1 is 1.46 bits per heavy atom. The van der Waals surface area contributed by atoms with Crippen molar-refractivity contribution in [2.24, 2.45) is 10.9 Å². The zero-order valence-corrected chi connectivity index (χ0v) is 7.19. The van der Waals surface area contributed by atoms with Gasteiger partial charge in [0.1, 0.15) is 5.76 Å². The fourth-order valence-electron chi connectivity index (χ4n) is 1.41. The summed E-state index contributed by atoms with van der Waals surface area (Å²) in [5.41, 5.74) is 0.962. The SMILES string of the molecule is CC1=C(O)C2C=CC=CC2=NC1=O. The molecule has 0 bridgehead atoms. The van der Waals surface area contributed by atoms with Crippen molar-refractivity contribution in [3.05, 3.63) is 35.6 Å². The van der Waals surface area contributed by atoms with E-state index < -0.39 is 0 Å². The van der Waals surface area contributed by atoms with E-state index in [-0.39, 0.29) is 17.6 Å². The summed E-state index contributed by atoms with van der Waals surface area (Å²) in [7, 11) is 0. The Kier molecular flexibility index (Phi) is 1.65. The van der Waals surface area contributed by atoms with Gasteiger partial charge in [-0.3, -0.25) is 4.79 Å². The maximum atomic E-state index is 11.2. The zero-order valence-electron chi connectivity index (χ0n) is 7.19. The third-order valence-electron chi connectivity index (χ3n) is 2.23. The number of aliphatic imine (C=N–C) groups is 1. The Hall–Kier alpha value is -1.64. The van der Waals surface area contributed by atoms with Gasteiger partial charge in [0.25, 0.3) is 5.91 Å². The highest BCUT2D eigenvalue weighted by Gasteiger charge is 2.27. The number of nitrogens with zero attached hydrogens (tertiary/aromatic N) is 1. The van der Waals surface area contributed by atoms with Gasteiger partial charge in [-0.2, -0.15) is 0 Å². The molecular formula is C10H9NO2. The number of amides is 1. The fourth-order valence-corrected chi connectivity index (χ4v) is 1.41. The van der Waals surface area contributed by atoms with E-state index in [4.69, 9.17) is 0 Å². The summed E-state index contributed by atoms with van der Waals surface area (Å²) in [6.45, 7) is 1.59. The average Bonchev–Trinajstić information content (AvgIpc) is 2.15. The van der Waals surface area contributed by atoms with Crippen LogP contribution in [0.25, 0.3) is 0 Å². The first kappa shape index (κ1) is 7.98. The van der Waals surface area contributed by atoms with Gasteiger partial charge in [0, 0.05) is 0 Å². The van der Waals surface area contributed by atoms with Crippen molar-refractivity contribution in [1.29, 1.82) is 0 Å². The zero-order chi connectivity index (χ0) is 9.42. The first-order valence-electron chi connectivity index (χ1n) is 4.07. The van der Waals surface area contributed by atoms with Crippen LogP contribution >= 0.6 is 0 Å². The van der Waals surface area contributed by atoms with Crippen LogP contribution in [0.4, 0.5) is 0 Å². The standard InChI is InChI=1S/C10H9NO2/c1-6-9(12)7-4-2-3-5-8(7)11-10(6)13/h2-5,7,12H,1H3. The Bertz CT molecular complexity index is 384. The van der Waals surface area contributed by atoms with E-state index in [0.29, 0.717) is 11.3 Å². The predicted molar refractivity (Wildman–Crippen MR) is 49.5 cm³/mol. The van der Waals surface area contributed by atoms with Crippen molar-refractivity contribution in [1.82, 2.24) is 0 Å². The number of allylic oxidation sites excluding steroid dienone is 4. The van der Waals surface area contributed by atoms with Crippen LogP contribution in [-0.4, -0.2) is 16.7 Å². The highest BCUT2D eigenvalue weighted by atomic mass is 16.3. The molecule has 1 aliphatic carbocycles. The molecule has 0 aromatic carbocycles. The summed E-state index contributed by atoms with van der Waals surface area (Å²) in [5, 5.41) is 9.64. The van der Waals surface area contributed by atoms with Crippen LogP contribution in [-0.2, 0) is 4.79 Å². The summed E-state index contributed by atoms with van der Waals surface area (Å²) >= 11 is 0. The molecule has 2 aliphatic rings. The van der Waals surface area contributed by atoms with E-state index in [9.17, 15) is 9.90 Å². The molecule has 0 aromatic rings. The van der Waals surface area contributed by atoms with Gasteiger partial charge in [-0.15, -0.1) is 0 Å². The van der Waals surface area contributed by atoms with Crippen LogP contribution < -0.4 is 0 Å². The molecule has 1 heterocycles. The quantitative estimate of drug-likeness (QED) is 0.607. The first-order valence-corrected chi connectivity index (χ1v) is 4.07. The van der Waals surface area contributed by atoms with Crippen molar-refractivity contribution < 1.29 is 9.90 Å². The highest BCUT2D eigenvalue weighted by Crippen LogP contribution is 2.24.